The highest BCUT2D eigenvalue weighted by Gasteiger charge is 2.45. The average molecular weight is 800 g/mol. The first-order chi connectivity index (χ1) is 27.7. The highest BCUT2D eigenvalue weighted by Crippen LogP contribution is 2.39. The number of amides is 4. The van der Waals surface area contributed by atoms with E-state index < -0.39 is 29.7 Å². The molecule has 0 saturated carbocycles. The number of rotatable bonds is 18. The van der Waals surface area contributed by atoms with Crippen molar-refractivity contribution in [2.45, 2.75) is 30.7 Å². The summed E-state index contributed by atoms with van der Waals surface area (Å²) in [5, 5.41) is 7.18. The molecule has 4 aromatic rings. The largest absolute Gasteiger partial charge is 0.496 e. The van der Waals surface area contributed by atoms with Crippen molar-refractivity contribution in [2.24, 2.45) is 7.05 Å². The number of aromatic nitrogens is 2. The fourth-order valence-electron chi connectivity index (χ4n) is 7.32. The Bertz CT molecular complexity index is 2220. The monoisotopic (exact) mass is 799 g/mol. The summed E-state index contributed by atoms with van der Waals surface area (Å²) >= 11 is 1.70. The van der Waals surface area contributed by atoms with Gasteiger partial charge in [-0.15, -0.1) is 0 Å². The van der Waals surface area contributed by atoms with Gasteiger partial charge in [-0.05, 0) is 47.7 Å². The summed E-state index contributed by atoms with van der Waals surface area (Å²) < 4.78 is 28.0. The number of nitrogens with one attached hydrogen (secondary N) is 3. The van der Waals surface area contributed by atoms with Gasteiger partial charge < -0.3 is 28.8 Å². The molecule has 1 unspecified atom stereocenters. The molecule has 17 heteroatoms. The first kappa shape index (κ1) is 39.9. The number of carbonyl (C=O) groups is 4. The Morgan fingerprint density at radius 3 is 2.35 bits per heavy atom. The number of anilines is 1. The van der Waals surface area contributed by atoms with Crippen LogP contribution >= 0.6 is 11.9 Å². The number of aryl methyl sites for hydroxylation is 1. The summed E-state index contributed by atoms with van der Waals surface area (Å²) in [5.41, 5.74) is 3.57. The van der Waals surface area contributed by atoms with Gasteiger partial charge >= 0.3 is 0 Å². The van der Waals surface area contributed by atoms with Gasteiger partial charge in [-0.2, -0.15) is 0 Å². The van der Waals surface area contributed by atoms with E-state index in [9.17, 15) is 24.0 Å². The van der Waals surface area contributed by atoms with E-state index in [2.05, 4.69) is 25.2 Å². The number of methoxy groups -OCH3 is 2. The predicted molar refractivity (Wildman–Crippen MR) is 213 cm³/mol. The molecule has 300 valence electrons. The average Bonchev–Trinajstić information content (AvgIpc) is 3.45. The number of carbonyl (C=O) groups excluding carboxylic acids is 4. The van der Waals surface area contributed by atoms with Crippen LogP contribution in [0.3, 0.4) is 0 Å². The van der Waals surface area contributed by atoms with Crippen LogP contribution in [0.25, 0.3) is 21.9 Å². The molecule has 3 aliphatic rings. The quantitative estimate of drug-likeness (QED) is 0.0759. The molecule has 1 atom stereocenters. The van der Waals surface area contributed by atoms with E-state index in [1.165, 1.54) is 0 Å². The van der Waals surface area contributed by atoms with Crippen molar-refractivity contribution in [3.63, 3.8) is 0 Å². The van der Waals surface area contributed by atoms with Gasteiger partial charge in [-0.25, -0.2) is 0 Å². The third-order valence-electron chi connectivity index (χ3n) is 10.2. The molecule has 2 aromatic carbocycles. The molecule has 57 heavy (non-hydrogen) atoms. The highest BCUT2D eigenvalue weighted by molar-refractivity contribution is 7.98. The first-order valence-corrected chi connectivity index (χ1v) is 19.6. The number of pyridine rings is 2. The van der Waals surface area contributed by atoms with Crippen molar-refractivity contribution < 1.29 is 38.1 Å². The van der Waals surface area contributed by atoms with Gasteiger partial charge in [0, 0.05) is 81.3 Å². The Hall–Kier alpha value is -5.33. The zero-order chi connectivity index (χ0) is 40.1. The zero-order valence-electron chi connectivity index (χ0n) is 32.0. The zero-order valence-corrected chi connectivity index (χ0v) is 32.8. The van der Waals surface area contributed by atoms with Gasteiger partial charge in [-0.1, -0.05) is 18.0 Å². The van der Waals surface area contributed by atoms with Gasteiger partial charge in [0.2, 0.25) is 11.8 Å². The molecule has 4 amide bonds. The smallest absolute Gasteiger partial charge is 0.264 e. The lowest BCUT2D eigenvalue weighted by atomic mass is 9.98. The van der Waals surface area contributed by atoms with E-state index in [0.717, 1.165) is 51.6 Å². The molecular weight excluding hydrogens is 755 g/mol. The maximum absolute atomic E-state index is 13.2. The van der Waals surface area contributed by atoms with Crippen molar-refractivity contribution in [3.05, 3.63) is 82.0 Å². The number of nitrogens with zero attached hydrogens (tertiary/aromatic N) is 4. The number of likely N-dealkylation sites (tertiary alicyclic amines) is 1. The standard InChI is InChI=1S/C40H45N7O9S/c1-45-22-29(26-9-10-41-19-28(26)38(45)50)24-17-33(53-2)30(34(18-24)54-3)23-46-20-25(21-46)57-43-12-14-56-16-15-55-13-11-42-31-6-4-5-27-36(31)40(52)47(39(27)51)32-7-8-35(48)44-37(32)49/h4-6,9-10,17-19,22,25,32,42-43H,7-8,11-16,20-21,23H2,1-3H3,(H,44,48,49). The molecule has 0 radical (unpaired) electrons. The number of benzene rings is 2. The molecule has 0 aliphatic carbocycles. The second kappa shape index (κ2) is 17.9. The Morgan fingerprint density at radius 2 is 1.63 bits per heavy atom. The minimum Gasteiger partial charge on any atom is -0.496 e. The van der Waals surface area contributed by atoms with Crippen LogP contribution in [-0.4, -0.2) is 121 Å². The van der Waals surface area contributed by atoms with Crippen LogP contribution in [-0.2, 0) is 32.7 Å². The summed E-state index contributed by atoms with van der Waals surface area (Å²) in [5.74, 6) is -0.710. The minimum absolute atomic E-state index is 0.0658. The molecule has 7 rings (SSSR count). The summed E-state index contributed by atoms with van der Waals surface area (Å²) in [4.78, 5) is 70.3. The maximum Gasteiger partial charge on any atom is 0.264 e. The normalized spacial score (nSPS) is 17.2. The summed E-state index contributed by atoms with van der Waals surface area (Å²) in [6, 6.07) is 9.78. The fraction of sp³-hybridized carbons (Fsp3) is 0.400. The van der Waals surface area contributed by atoms with E-state index in [1.807, 2.05) is 24.4 Å². The number of piperidine rings is 1. The summed E-state index contributed by atoms with van der Waals surface area (Å²) in [6.45, 7) is 5.27. The fourth-order valence-corrected chi connectivity index (χ4v) is 8.33. The van der Waals surface area contributed by atoms with Gasteiger partial charge in [-0.3, -0.25) is 48.8 Å². The second-order valence-electron chi connectivity index (χ2n) is 13.9. The maximum atomic E-state index is 13.2. The lowest BCUT2D eigenvalue weighted by Crippen LogP contribution is -2.54. The molecule has 2 fully saturated rings. The van der Waals surface area contributed by atoms with E-state index in [0.29, 0.717) is 62.4 Å². The Balaban J connectivity index is 0.783. The van der Waals surface area contributed by atoms with E-state index in [-0.39, 0.29) is 29.5 Å². The lowest BCUT2D eigenvalue weighted by Gasteiger charge is -2.39. The van der Waals surface area contributed by atoms with Crippen LogP contribution in [0.5, 0.6) is 11.5 Å². The van der Waals surface area contributed by atoms with Gasteiger partial charge in [0.05, 0.1) is 62.7 Å². The molecule has 3 aliphatic heterocycles. The first-order valence-electron chi connectivity index (χ1n) is 18.7. The Kier molecular flexibility index (Phi) is 12.5. The van der Waals surface area contributed by atoms with Crippen LogP contribution < -0.4 is 30.4 Å². The van der Waals surface area contributed by atoms with Crippen molar-refractivity contribution >= 4 is 52.0 Å². The molecule has 2 saturated heterocycles. The molecule has 16 nitrogen and oxygen atoms in total. The van der Waals surface area contributed by atoms with Crippen LogP contribution in [0.15, 0.2) is 59.8 Å². The predicted octanol–water partition coefficient (Wildman–Crippen LogP) is 2.59. The van der Waals surface area contributed by atoms with Crippen molar-refractivity contribution in [3.8, 4) is 22.6 Å². The van der Waals surface area contributed by atoms with Crippen LogP contribution in [0.4, 0.5) is 5.69 Å². The van der Waals surface area contributed by atoms with E-state index in [1.54, 1.807) is 68.4 Å². The Labute approximate surface area is 333 Å². The molecule has 5 heterocycles. The van der Waals surface area contributed by atoms with Crippen molar-refractivity contribution in [1.82, 2.24) is 29.4 Å². The molecular formula is C40H45N7O9S. The minimum atomic E-state index is -1.01. The van der Waals surface area contributed by atoms with Gasteiger partial charge in [0.1, 0.15) is 17.5 Å². The number of imide groups is 2. The number of fused-ring (bicyclic) bond motifs is 2. The molecule has 3 N–H and O–H groups in total. The van der Waals surface area contributed by atoms with Gasteiger partial charge in [0.25, 0.3) is 17.4 Å². The SMILES string of the molecule is COc1cc(-c2cn(C)c(=O)c3cnccc23)cc(OC)c1CN1CC(SNCCOCCOCCNc2cccc3c2C(=O)N(C2CCC(=O)NC2=O)C3=O)C1. The second-order valence-corrected chi connectivity index (χ2v) is 15.1. The van der Waals surface area contributed by atoms with Crippen molar-refractivity contribution in [2.75, 3.05) is 72.1 Å². The number of hydrogen-bond donors (Lipinski definition) is 3. The Morgan fingerprint density at radius 1 is 0.895 bits per heavy atom. The molecule has 0 bridgehead atoms. The number of ether oxygens (including phenoxy) is 4. The highest BCUT2D eigenvalue weighted by atomic mass is 32.2. The lowest BCUT2D eigenvalue weighted by molar-refractivity contribution is -0.136. The third kappa shape index (κ3) is 8.52. The van der Waals surface area contributed by atoms with Crippen LogP contribution in [0.2, 0.25) is 0 Å². The van der Waals surface area contributed by atoms with Crippen LogP contribution in [0.1, 0.15) is 39.1 Å². The molecule has 0 spiro atoms. The molecule has 2 aromatic heterocycles. The van der Waals surface area contributed by atoms with E-state index >= 15 is 0 Å². The van der Waals surface area contributed by atoms with Crippen LogP contribution in [0, 0.1) is 0 Å². The van der Waals surface area contributed by atoms with E-state index in [4.69, 9.17) is 18.9 Å². The van der Waals surface area contributed by atoms with Gasteiger partial charge in [0.15, 0.2) is 0 Å². The topological polar surface area (TPSA) is 183 Å². The summed E-state index contributed by atoms with van der Waals surface area (Å²) in [6.07, 6.45) is 5.29. The van der Waals surface area contributed by atoms with Crippen molar-refractivity contribution in [1.29, 1.82) is 0 Å². The number of hydrogen-bond acceptors (Lipinski definition) is 14. The summed E-state index contributed by atoms with van der Waals surface area (Å²) in [7, 11) is 5.05. The third-order valence-corrected chi connectivity index (χ3v) is 11.2.